The molecule has 0 fully saturated rings. The van der Waals surface area contributed by atoms with Crippen molar-refractivity contribution in [3.8, 4) is 0 Å². The van der Waals surface area contributed by atoms with Gasteiger partial charge in [0.1, 0.15) is 5.76 Å². The van der Waals surface area contributed by atoms with E-state index in [-0.39, 0.29) is 5.41 Å². The molecule has 1 aromatic rings. The summed E-state index contributed by atoms with van der Waals surface area (Å²) in [6.07, 6.45) is 1.75. The summed E-state index contributed by atoms with van der Waals surface area (Å²) in [4.78, 5) is 2.22. The molecule has 3 nitrogen and oxygen atoms in total. The highest BCUT2D eigenvalue weighted by Gasteiger charge is 2.18. The quantitative estimate of drug-likeness (QED) is 0.803. The zero-order valence-electron chi connectivity index (χ0n) is 11.1. The number of furan rings is 1. The molecular weight excluding hydrogens is 200 g/mol. The van der Waals surface area contributed by atoms with Crippen LogP contribution in [0.3, 0.4) is 0 Å². The van der Waals surface area contributed by atoms with Crippen LogP contribution in [-0.2, 0) is 6.54 Å². The number of rotatable bonds is 6. The normalized spacial score (nSPS) is 12.4. The molecule has 0 spiro atoms. The Morgan fingerprint density at radius 1 is 1.38 bits per heavy atom. The van der Waals surface area contributed by atoms with Gasteiger partial charge in [-0.3, -0.25) is 0 Å². The van der Waals surface area contributed by atoms with Crippen LogP contribution in [0.1, 0.15) is 25.2 Å². The summed E-state index contributed by atoms with van der Waals surface area (Å²) in [5.74, 6) is 1.04. The van der Waals surface area contributed by atoms with E-state index in [1.54, 1.807) is 6.26 Å². The molecule has 0 aromatic carbocycles. The standard InChI is InChI=1S/C13H24N2O/c1-11-6-7-16-12(11)8-14-9-13(2,3)10-15(4)5/h6-7,14H,8-10H2,1-5H3. The van der Waals surface area contributed by atoms with Crippen LogP contribution in [0.15, 0.2) is 16.7 Å². The zero-order chi connectivity index (χ0) is 12.2. The lowest BCUT2D eigenvalue weighted by Crippen LogP contribution is -2.37. The molecule has 0 unspecified atom stereocenters. The predicted molar refractivity (Wildman–Crippen MR) is 67.5 cm³/mol. The van der Waals surface area contributed by atoms with Crippen LogP contribution in [-0.4, -0.2) is 32.1 Å². The summed E-state index contributed by atoms with van der Waals surface area (Å²) in [6, 6.07) is 2.00. The third-order valence-electron chi connectivity index (χ3n) is 2.60. The Labute approximate surface area is 98.8 Å². The Balaban J connectivity index is 2.32. The van der Waals surface area contributed by atoms with Crippen molar-refractivity contribution in [3.05, 3.63) is 23.7 Å². The molecule has 0 aliphatic rings. The van der Waals surface area contributed by atoms with E-state index in [0.717, 1.165) is 25.4 Å². The number of nitrogens with one attached hydrogen (secondary N) is 1. The minimum Gasteiger partial charge on any atom is -0.468 e. The topological polar surface area (TPSA) is 28.4 Å². The minimum absolute atomic E-state index is 0.282. The first-order valence-electron chi connectivity index (χ1n) is 5.79. The largest absolute Gasteiger partial charge is 0.468 e. The second-order valence-corrected chi connectivity index (χ2v) is 5.53. The van der Waals surface area contributed by atoms with E-state index >= 15 is 0 Å². The number of aryl methyl sites for hydroxylation is 1. The van der Waals surface area contributed by atoms with E-state index < -0.39 is 0 Å². The fourth-order valence-electron chi connectivity index (χ4n) is 2.01. The lowest BCUT2D eigenvalue weighted by atomic mass is 9.93. The molecule has 16 heavy (non-hydrogen) atoms. The highest BCUT2D eigenvalue weighted by atomic mass is 16.3. The van der Waals surface area contributed by atoms with Crippen molar-refractivity contribution in [2.45, 2.75) is 27.3 Å². The molecule has 1 N–H and O–H groups in total. The van der Waals surface area contributed by atoms with Crippen molar-refractivity contribution in [2.24, 2.45) is 5.41 Å². The lowest BCUT2D eigenvalue weighted by molar-refractivity contribution is 0.230. The predicted octanol–water partition coefficient (Wildman–Crippen LogP) is 2.27. The lowest BCUT2D eigenvalue weighted by Gasteiger charge is -2.28. The molecule has 0 aliphatic heterocycles. The van der Waals surface area contributed by atoms with Crippen molar-refractivity contribution >= 4 is 0 Å². The van der Waals surface area contributed by atoms with Gasteiger partial charge >= 0.3 is 0 Å². The first-order valence-corrected chi connectivity index (χ1v) is 5.79. The Bertz CT molecular complexity index is 315. The van der Waals surface area contributed by atoms with Gasteiger partial charge in [0.15, 0.2) is 0 Å². The molecule has 92 valence electrons. The molecule has 0 saturated heterocycles. The number of hydrogen-bond donors (Lipinski definition) is 1. The maximum atomic E-state index is 5.39. The molecule has 0 saturated carbocycles. The maximum Gasteiger partial charge on any atom is 0.120 e. The van der Waals surface area contributed by atoms with Crippen LogP contribution >= 0.6 is 0 Å². The smallest absolute Gasteiger partial charge is 0.120 e. The van der Waals surface area contributed by atoms with Crippen molar-refractivity contribution in [3.63, 3.8) is 0 Å². The van der Waals surface area contributed by atoms with E-state index in [2.05, 4.69) is 45.1 Å². The Kier molecular flexibility index (Phi) is 4.56. The Morgan fingerprint density at radius 2 is 2.06 bits per heavy atom. The van der Waals surface area contributed by atoms with Crippen molar-refractivity contribution in [2.75, 3.05) is 27.2 Å². The summed E-state index contributed by atoms with van der Waals surface area (Å²) in [5.41, 5.74) is 1.50. The fraction of sp³-hybridized carbons (Fsp3) is 0.692. The van der Waals surface area contributed by atoms with E-state index in [0.29, 0.717) is 0 Å². The van der Waals surface area contributed by atoms with Gasteiger partial charge in [-0.1, -0.05) is 13.8 Å². The summed E-state index contributed by atoms with van der Waals surface area (Å²) in [5, 5.41) is 3.45. The average Bonchev–Trinajstić information content (AvgIpc) is 2.49. The Hall–Kier alpha value is -0.800. The van der Waals surface area contributed by atoms with Gasteiger partial charge in [-0.25, -0.2) is 0 Å². The van der Waals surface area contributed by atoms with E-state index in [4.69, 9.17) is 4.42 Å². The van der Waals surface area contributed by atoms with Crippen molar-refractivity contribution in [1.82, 2.24) is 10.2 Å². The van der Waals surface area contributed by atoms with Crippen molar-refractivity contribution in [1.29, 1.82) is 0 Å². The first-order chi connectivity index (χ1) is 7.41. The summed E-state index contributed by atoms with van der Waals surface area (Å²) < 4.78 is 5.39. The molecule has 0 amide bonds. The number of nitrogens with zero attached hydrogens (tertiary/aromatic N) is 1. The van der Waals surface area contributed by atoms with Gasteiger partial charge in [0.2, 0.25) is 0 Å². The van der Waals surface area contributed by atoms with Crippen LogP contribution in [0.4, 0.5) is 0 Å². The molecule has 1 rings (SSSR count). The van der Waals surface area contributed by atoms with Gasteiger partial charge in [0.05, 0.1) is 12.8 Å². The SMILES string of the molecule is Cc1ccoc1CNCC(C)(C)CN(C)C. The highest BCUT2D eigenvalue weighted by molar-refractivity contribution is 5.14. The van der Waals surface area contributed by atoms with Crippen molar-refractivity contribution < 1.29 is 4.42 Å². The molecule has 1 heterocycles. The monoisotopic (exact) mass is 224 g/mol. The summed E-state index contributed by atoms with van der Waals surface area (Å²) in [7, 11) is 4.22. The van der Waals surface area contributed by atoms with Crippen LogP contribution in [0, 0.1) is 12.3 Å². The Morgan fingerprint density at radius 3 is 2.56 bits per heavy atom. The van der Waals surface area contributed by atoms with Crippen LogP contribution in [0.5, 0.6) is 0 Å². The molecule has 1 aromatic heterocycles. The summed E-state index contributed by atoms with van der Waals surface area (Å²) >= 11 is 0. The number of hydrogen-bond acceptors (Lipinski definition) is 3. The van der Waals surface area contributed by atoms with Gasteiger partial charge in [-0.2, -0.15) is 0 Å². The van der Waals surface area contributed by atoms with Crippen LogP contribution < -0.4 is 5.32 Å². The van der Waals surface area contributed by atoms with Gasteiger partial charge in [-0.05, 0) is 38.1 Å². The highest BCUT2D eigenvalue weighted by Crippen LogP contribution is 2.15. The molecule has 0 atom stereocenters. The fourth-order valence-corrected chi connectivity index (χ4v) is 2.01. The summed E-state index contributed by atoms with van der Waals surface area (Å²) in [6.45, 7) is 9.51. The van der Waals surface area contributed by atoms with Gasteiger partial charge in [0.25, 0.3) is 0 Å². The molecule has 0 aliphatic carbocycles. The molecule has 0 radical (unpaired) electrons. The van der Waals surface area contributed by atoms with Gasteiger partial charge in [-0.15, -0.1) is 0 Å². The first kappa shape index (κ1) is 13.3. The minimum atomic E-state index is 0.282. The second-order valence-electron chi connectivity index (χ2n) is 5.53. The van der Waals surface area contributed by atoms with E-state index in [1.165, 1.54) is 5.56 Å². The van der Waals surface area contributed by atoms with Gasteiger partial charge < -0.3 is 14.6 Å². The molecular formula is C13H24N2O. The molecule has 0 bridgehead atoms. The zero-order valence-corrected chi connectivity index (χ0v) is 11.1. The second kappa shape index (κ2) is 5.51. The van der Waals surface area contributed by atoms with E-state index in [1.807, 2.05) is 6.07 Å². The van der Waals surface area contributed by atoms with E-state index in [9.17, 15) is 0 Å². The van der Waals surface area contributed by atoms with Gasteiger partial charge in [0, 0.05) is 13.1 Å². The average molecular weight is 224 g/mol. The molecule has 3 heteroatoms. The third kappa shape index (κ3) is 4.37. The van der Waals surface area contributed by atoms with Crippen LogP contribution in [0.2, 0.25) is 0 Å². The van der Waals surface area contributed by atoms with Crippen LogP contribution in [0.25, 0.3) is 0 Å². The third-order valence-corrected chi connectivity index (χ3v) is 2.60. The maximum absolute atomic E-state index is 5.39.